The fraction of sp³-hybridized carbons (Fsp3) is 0.500. The second kappa shape index (κ2) is 8.29. The molecule has 0 radical (unpaired) electrons. The number of benzene rings is 1. The average molecular weight is 293 g/mol. The predicted molar refractivity (Wildman–Crippen MR) is 80.5 cm³/mol. The van der Waals surface area contributed by atoms with Gasteiger partial charge in [-0.2, -0.15) is 0 Å². The molecule has 5 heteroatoms. The van der Waals surface area contributed by atoms with E-state index in [1.165, 1.54) is 4.90 Å². The quantitative estimate of drug-likeness (QED) is 0.799. The van der Waals surface area contributed by atoms with Crippen molar-refractivity contribution in [3.05, 3.63) is 29.8 Å². The first-order chi connectivity index (χ1) is 9.95. The molecule has 0 spiro atoms. The summed E-state index contributed by atoms with van der Waals surface area (Å²) in [6.07, 6.45) is 0.710. The lowest BCUT2D eigenvalue weighted by Crippen LogP contribution is -2.39. The number of aliphatic carboxylic acids is 1. The van der Waals surface area contributed by atoms with Crippen LogP contribution in [0.1, 0.15) is 38.7 Å². The Morgan fingerprint density at radius 1 is 1.29 bits per heavy atom. The summed E-state index contributed by atoms with van der Waals surface area (Å²) in [4.78, 5) is 24.1. The van der Waals surface area contributed by atoms with Gasteiger partial charge in [-0.1, -0.05) is 39.0 Å². The molecule has 0 heterocycles. The molecule has 116 valence electrons. The van der Waals surface area contributed by atoms with Gasteiger partial charge < -0.3 is 14.7 Å². The molecule has 0 saturated carbocycles. The van der Waals surface area contributed by atoms with Crippen LogP contribution in [0.3, 0.4) is 0 Å². The van der Waals surface area contributed by atoms with Crippen molar-refractivity contribution in [1.29, 1.82) is 0 Å². The zero-order valence-corrected chi connectivity index (χ0v) is 12.8. The van der Waals surface area contributed by atoms with E-state index in [0.29, 0.717) is 24.6 Å². The van der Waals surface area contributed by atoms with Crippen LogP contribution >= 0.6 is 0 Å². The van der Waals surface area contributed by atoms with Crippen LogP contribution in [0, 0.1) is 0 Å². The highest BCUT2D eigenvalue weighted by Crippen LogP contribution is 2.25. The van der Waals surface area contributed by atoms with Gasteiger partial charge in [-0.05, 0) is 24.0 Å². The first-order valence-electron chi connectivity index (χ1n) is 7.17. The third-order valence-electron chi connectivity index (χ3n) is 3.06. The SMILES string of the molecule is CCCN(CC(=O)O)C(=O)COc1ccccc1C(C)C. The van der Waals surface area contributed by atoms with E-state index in [9.17, 15) is 9.59 Å². The molecule has 0 aromatic heterocycles. The van der Waals surface area contributed by atoms with E-state index >= 15 is 0 Å². The van der Waals surface area contributed by atoms with Gasteiger partial charge in [0.2, 0.25) is 0 Å². The molecule has 1 amide bonds. The Hall–Kier alpha value is -2.04. The number of rotatable bonds is 8. The van der Waals surface area contributed by atoms with Crippen molar-refractivity contribution in [1.82, 2.24) is 4.90 Å². The van der Waals surface area contributed by atoms with Crippen molar-refractivity contribution < 1.29 is 19.4 Å². The van der Waals surface area contributed by atoms with Gasteiger partial charge in [-0.3, -0.25) is 9.59 Å². The minimum atomic E-state index is -1.01. The minimum Gasteiger partial charge on any atom is -0.483 e. The van der Waals surface area contributed by atoms with Gasteiger partial charge in [0.1, 0.15) is 12.3 Å². The molecule has 0 bridgehead atoms. The lowest BCUT2D eigenvalue weighted by molar-refractivity contribution is -0.145. The van der Waals surface area contributed by atoms with E-state index in [0.717, 1.165) is 5.56 Å². The highest BCUT2D eigenvalue weighted by Gasteiger charge is 2.17. The second-order valence-corrected chi connectivity index (χ2v) is 5.19. The Morgan fingerprint density at radius 2 is 1.95 bits per heavy atom. The summed E-state index contributed by atoms with van der Waals surface area (Å²) in [6.45, 7) is 5.99. The number of carbonyl (C=O) groups is 2. The summed E-state index contributed by atoms with van der Waals surface area (Å²) in [5.41, 5.74) is 1.03. The fourth-order valence-electron chi connectivity index (χ4n) is 2.04. The zero-order valence-electron chi connectivity index (χ0n) is 12.8. The smallest absolute Gasteiger partial charge is 0.323 e. The highest BCUT2D eigenvalue weighted by atomic mass is 16.5. The van der Waals surface area contributed by atoms with Gasteiger partial charge in [-0.25, -0.2) is 0 Å². The van der Waals surface area contributed by atoms with Crippen LogP contribution in [0.15, 0.2) is 24.3 Å². The van der Waals surface area contributed by atoms with Gasteiger partial charge in [0.15, 0.2) is 6.61 Å². The van der Waals surface area contributed by atoms with Gasteiger partial charge in [0.05, 0.1) is 0 Å². The zero-order chi connectivity index (χ0) is 15.8. The Bertz CT molecular complexity index is 485. The summed E-state index contributed by atoms with van der Waals surface area (Å²) in [7, 11) is 0. The largest absolute Gasteiger partial charge is 0.483 e. The number of carbonyl (C=O) groups excluding carboxylic acids is 1. The van der Waals surface area contributed by atoms with Crippen molar-refractivity contribution in [2.45, 2.75) is 33.1 Å². The number of nitrogens with zero attached hydrogens (tertiary/aromatic N) is 1. The Labute approximate surface area is 125 Å². The maximum Gasteiger partial charge on any atom is 0.323 e. The standard InChI is InChI=1S/C16H23NO4/c1-4-9-17(10-16(19)20)15(18)11-21-14-8-6-5-7-13(14)12(2)3/h5-8,12H,4,9-11H2,1-3H3,(H,19,20). The first-order valence-corrected chi connectivity index (χ1v) is 7.17. The predicted octanol–water partition coefficient (Wildman–Crippen LogP) is 2.51. The van der Waals surface area contributed by atoms with Gasteiger partial charge >= 0.3 is 5.97 Å². The van der Waals surface area contributed by atoms with Crippen molar-refractivity contribution in [3.63, 3.8) is 0 Å². The minimum absolute atomic E-state index is 0.142. The molecule has 0 aliphatic carbocycles. The maximum absolute atomic E-state index is 12.1. The molecule has 0 unspecified atom stereocenters. The molecule has 21 heavy (non-hydrogen) atoms. The summed E-state index contributed by atoms with van der Waals surface area (Å²) in [5, 5.41) is 8.83. The van der Waals surface area contributed by atoms with Crippen molar-refractivity contribution in [3.8, 4) is 5.75 Å². The molecule has 0 aliphatic rings. The van der Waals surface area contributed by atoms with E-state index in [-0.39, 0.29) is 19.1 Å². The van der Waals surface area contributed by atoms with Crippen LogP contribution in [0.25, 0.3) is 0 Å². The lowest BCUT2D eigenvalue weighted by atomic mass is 10.0. The van der Waals surface area contributed by atoms with Crippen LogP contribution < -0.4 is 4.74 Å². The molecule has 5 nitrogen and oxygen atoms in total. The van der Waals surface area contributed by atoms with E-state index in [4.69, 9.17) is 9.84 Å². The van der Waals surface area contributed by atoms with Crippen LogP contribution in [-0.4, -0.2) is 41.6 Å². The molecule has 0 atom stereocenters. The van der Waals surface area contributed by atoms with Crippen LogP contribution in [0.4, 0.5) is 0 Å². The summed E-state index contributed by atoms with van der Waals surface area (Å²) >= 11 is 0. The molecule has 1 aromatic rings. The van der Waals surface area contributed by atoms with Gasteiger partial charge in [-0.15, -0.1) is 0 Å². The van der Waals surface area contributed by atoms with Gasteiger partial charge in [0.25, 0.3) is 5.91 Å². The molecule has 1 aromatic carbocycles. The molecule has 0 fully saturated rings. The Kier molecular flexibility index (Phi) is 6.72. The monoisotopic (exact) mass is 293 g/mol. The number of amides is 1. The van der Waals surface area contributed by atoms with Crippen molar-refractivity contribution in [2.24, 2.45) is 0 Å². The first kappa shape index (κ1) is 17.0. The van der Waals surface area contributed by atoms with E-state index in [1.54, 1.807) is 0 Å². The van der Waals surface area contributed by atoms with Crippen molar-refractivity contribution in [2.75, 3.05) is 19.7 Å². The highest BCUT2D eigenvalue weighted by molar-refractivity contribution is 5.82. The summed E-state index contributed by atoms with van der Waals surface area (Å²) in [5.74, 6) is -0.355. The molecule has 0 saturated heterocycles. The third kappa shape index (κ3) is 5.45. The number of para-hydroxylation sites is 1. The molecule has 0 aliphatic heterocycles. The topological polar surface area (TPSA) is 66.8 Å². The number of hydrogen-bond acceptors (Lipinski definition) is 3. The van der Waals surface area contributed by atoms with Crippen LogP contribution in [0.2, 0.25) is 0 Å². The van der Waals surface area contributed by atoms with E-state index in [2.05, 4.69) is 13.8 Å². The number of carboxylic acid groups (broad SMARTS) is 1. The molecular formula is C16H23NO4. The number of hydrogen-bond donors (Lipinski definition) is 1. The molecular weight excluding hydrogens is 270 g/mol. The normalized spacial score (nSPS) is 10.5. The average Bonchev–Trinajstić information content (AvgIpc) is 2.44. The summed E-state index contributed by atoms with van der Waals surface area (Å²) in [6, 6.07) is 7.57. The molecule has 1 N–H and O–H groups in total. The van der Waals surface area contributed by atoms with E-state index in [1.807, 2.05) is 31.2 Å². The van der Waals surface area contributed by atoms with Crippen LogP contribution in [-0.2, 0) is 9.59 Å². The number of carboxylic acids is 1. The molecule has 1 rings (SSSR count). The Balaban J connectivity index is 2.68. The number of ether oxygens (including phenoxy) is 1. The Morgan fingerprint density at radius 3 is 2.52 bits per heavy atom. The lowest BCUT2D eigenvalue weighted by Gasteiger charge is -2.21. The van der Waals surface area contributed by atoms with Crippen LogP contribution in [0.5, 0.6) is 5.75 Å². The van der Waals surface area contributed by atoms with E-state index < -0.39 is 5.97 Å². The third-order valence-corrected chi connectivity index (χ3v) is 3.06. The fourth-order valence-corrected chi connectivity index (χ4v) is 2.04. The maximum atomic E-state index is 12.1. The summed E-state index contributed by atoms with van der Waals surface area (Å²) < 4.78 is 5.58. The van der Waals surface area contributed by atoms with Gasteiger partial charge in [0, 0.05) is 6.54 Å². The second-order valence-electron chi connectivity index (χ2n) is 5.19. The van der Waals surface area contributed by atoms with Crippen molar-refractivity contribution >= 4 is 11.9 Å².